The highest BCUT2D eigenvalue weighted by Gasteiger charge is 2.75. The van der Waals surface area contributed by atoms with E-state index in [0.717, 1.165) is 25.7 Å². The largest absolute Gasteiger partial charge is 0.466 e. The summed E-state index contributed by atoms with van der Waals surface area (Å²) >= 11 is 0. The van der Waals surface area contributed by atoms with Crippen LogP contribution in [-0.4, -0.2) is 82.3 Å². The van der Waals surface area contributed by atoms with E-state index in [9.17, 15) is 14.4 Å². The van der Waals surface area contributed by atoms with Crippen LogP contribution in [0.1, 0.15) is 66.2 Å². The lowest BCUT2D eigenvalue weighted by Crippen LogP contribution is -2.59. The molecule has 1 N–H and O–H groups in total. The molecule has 186 valence electrons. The molecule has 3 saturated heterocycles. The summed E-state index contributed by atoms with van der Waals surface area (Å²) in [5.41, 5.74) is -1.46. The number of unbranched alkanes of at least 4 members (excludes halogenated alkanes) is 3. The second kappa shape index (κ2) is 10.1. The molecule has 0 aromatic heterocycles. The quantitative estimate of drug-likeness (QED) is 0.286. The molecule has 8 nitrogen and oxygen atoms in total. The number of rotatable bonds is 11. The maximum Gasteiger partial charge on any atom is 0.312 e. The van der Waals surface area contributed by atoms with E-state index >= 15 is 0 Å². The van der Waals surface area contributed by atoms with Crippen molar-refractivity contribution in [1.82, 2.24) is 9.80 Å². The average molecular weight is 465 g/mol. The second-order valence-electron chi connectivity index (χ2n) is 10.4. The molecule has 3 aliphatic rings. The molecule has 33 heavy (non-hydrogen) atoms. The Hall–Kier alpha value is -1.93. The van der Waals surface area contributed by atoms with Gasteiger partial charge in [0.15, 0.2) is 0 Å². The van der Waals surface area contributed by atoms with Gasteiger partial charge < -0.3 is 24.4 Å². The summed E-state index contributed by atoms with van der Waals surface area (Å²) in [7, 11) is 0. The Morgan fingerprint density at radius 3 is 2.61 bits per heavy atom. The van der Waals surface area contributed by atoms with Crippen molar-refractivity contribution in [3.63, 3.8) is 0 Å². The number of hydrogen-bond donors (Lipinski definition) is 1. The first-order valence-corrected chi connectivity index (χ1v) is 12.3. The molecule has 0 aromatic rings. The maximum atomic E-state index is 14.1. The Kier molecular flexibility index (Phi) is 7.89. The first-order valence-electron chi connectivity index (χ1n) is 12.3. The minimum Gasteiger partial charge on any atom is -0.466 e. The molecule has 0 aliphatic carbocycles. The predicted molar refractivity (Wildman–Crippen MR) is 123 cm³/mol. The summed E-state index contributed by atoms with van der Waals surface area (Å²) in [6.07, 6.45) is 5.68. The molecule has 3 fully saturated rings. The number of hydrogen-bond acceptors (Lipinski definition) is 6. The second-order valence-corrected chi connectivity index (χ2v) is 10.4. The molecule has 0 radical (unpaired) electrons. The molecule has 2 bridgehead atoms. The van der Waals surface area contributed by atoms with Gasteiger partial charge in [-0.05, 0) is 53.4 Å². The van der Waals surface area contributed by atoms with Gasteiger partial charge in [0.05, 0.1) is 24.5 Å². The zero-order valence-electron chi connectivity index (χ0n) is 20.5. The van der Waals surface area contributed by atoms with Crippen molar-refractivity contribution in [2.75, 3.05) is 26.3 Å². The van der Waals surface area contributed by atoms with E-state index in [0.29, 0.717) is 25.9 Å². The van der Waals surface area contributed by atoms with Crippen molar-refractivity contribution >= 4 is 17.8 Å². The van der Waals surface area contributed by atoms with Gasteiger partial charge in [-0.2, -0.15) is 0 Å². The van der Waals surface area contributed by atoms with Gasteiger partial charge in [-0.25, -0.2) is 0 Å². The van der Waals surface area contributed by atoms with Crippen LogP contribution in [0.25, 0.3) is 0 Å². The van der Waals surface area contributed by atoms with E-state index in [1.165, 1.54) is 0 Å². The molecule has 2 amide bonds. The molecule has 0 aromatic carbocycles. The minimum atomic E-state index is -0.994. The van der Waals surface area contributed by atoms with E-state index in [4.69, 9.17) is 14.6 Å². The molecular weight excluding hydrogens is 424 g/mol. The lowest BCUT2D eigenvalue weighted by Gasteiger charge is -2.42. The highest BCUT2D eigenvalue weighted by Crippen LogP contribution is 2.59. The monoisotopic (exact) mass is 464 g/mol. The SMILES string of the molecule is C=CCN(C(=O)C1N(CCCCCCO)C(=O)[C@@H]2[C@@H](C(=O)OCC)[C@H]3CCC12O3)C(C)(C)C. The number of nitrogens with zero attached hydrogens (tertiary/aromatic N) is 2. The summed E-state index contributed by atoms with van der Waals surface area (Å²) in [6, 6.07) is -0.767. The smallest absolute Gasteiger partial charge is 0.312 e. The minimum absolute atomic E-state index is 0.146. The summed E-state index contributed by atoms with van der Waals surface area (Å²) in [5.74, 6) is -2.09. The van der Waals surface area contributed by atoms with Gasteiger partial charge in [0.25, 0.3) is 0 Å². The predicted octanol–water partition coefficient (Wildman–Crippen LogP) is 2.29. The Morgan fingerprint density at radius 1 is 1.30 bits per heavy atom. The van der Waals surface area contributed by atoms with Gasteiger partial charge in [-0.1, -0.05) is 18.9 Å². The van der Waals surface area contributed by atoms with Crippen molar-refractivity contribution in [3.05, 3.63) is 12.7 Å². The van der Waals surface area contributed by atoms with E-state index in [2.05, 4.69) is 6.58 Å². The molecule has 5 atom stereocenters. The highest BCUT2D eigenvalue weighted by atomic mass is 16.6. The van der Waals surface area contributed by atoms with Crippen LogP contribution in [-0.2, 0) is 23.9 Å². The van der Waals surface area contributed by atoms with Crippen LogP contribution in [0.15, 0.2) is 12.7 Å². The molecular formula is C25H40N2O6. The van der Waals surface area contributed by atoms with Crippen LogP contribution in [0.3, 0.4) is 0 Å². The molecule has 3 aliphatic heterocycles. The summed E-state index contributed by atoms with van der Waals surface area (Å²) in [4.78, 5) is 44.1. The fraction of sp³-hybridized carbons (Fsp3) is 0.800. The third-order valence-corrected chi connectivity index (χ3v) is 7.29. The molecule has 0 saturated carbocycles. The number of aliphatic hydroxyl groups is 1. The van der Waals surface area contributed by atoms with Crippen LogP contribution in [0.2, 0.25) is 0 Å². The Balaban J connectivity index is 1.96. The Bertz CT molecular complexity index is 762. The van der Waals surface area contributed by atoms with Crippen LogP contribution in [0.5, 0.6) is 0 Å². The van der Waals surface area contributed by atoms with Gasteiger partial charge >= 0.3 is 5.97 Å². The van der Waals surface area contributed by atoms with Crippen LogP contribution in [0, 0.1) is 11.8 Å². The van der Waals surface area contributed by atoms with E-state index in [1.807, 2.05) is 20.8 Å². The first kappa shape index (κ1) is 25.7. The number of esters is 1. The lowest BCUT2D eigenvalue weighted by atomic mass is 9.70. The van der Waals surface area contributed by atoms with Crippen LogP contribution < -0.4 is 0 Å². The summed E-state index contributed by atoms with van der Waals surface area (Å²) < 4.78 is 11.7. The number of ether oxygens (including phenoxy) is 2. The summed E-state index contributed by atoms with van der Waals surface area (Å²) in [6.45, 7) is 12.6. The lowest BCUT2D eigenvalue weighted by molar-refractivity contribution is -0.155. The van der Waals surface area contributed by atoms with Gasteiger partial charge in [-0.15, -0.1) is 6.58 Å². The highest BCUT2D eigenvalue weighted by molar-refractivity contribution is 5.98. The number of likely N-dealkylation sites (tertiary alicyclic amines) is 1. The Morgan fingerprint density at radius 2 is 2.00 bits per heavy atom. The van der Waals surface area contributed by atoms with E-state index in [-0.39, 0.29) is 31.1 Å². The fourth-order valence-electron chi connectivity index (χ4n) is 5.90. The third-order valence-electron chi connectivity index (χ3n) is 7.29. The average Bonchev–Trinajstić information content (AvgIpc) is 3.38. The zero-order valence-corrected chi connectivity index (χ0v) is 20.5. The number of carbonyl (C=O) groups excluding carboxylic acids is 3. The normalized spacial score (nSPS) is 30.5. The van der Waals surface area contributed by atoms with E-state index < -0.39 is 35.0 Å². The fourth-order valence-corrected chi connectivity index (χ4v) is 5.90. The third kappa shape index (κ3) is 4.56. The standard InChI is InChI=1S/C25H40N2O6/c1-6-14-27(24(3,4)5)22(30)20-25-13-12-17(33-25)18(23(31)32-7-2)19(25)21(29)26(20)15-10-8-9-11-16-28/h6,17-20,28H,1,7-16H2,2-5H3/t17-,18+,19+,20?,25?/m1/s1. The molecule has 3 heterocycles. The topological polar surface area (TPSA) is 96.4 Å². The van der Waals surface area contributed by atoms with E-state index in [1.54, 1.807) is 22.8 Å². The number of amides is 2. The van der Waals surface area contributed by atoms with Crippen molar-refractivity contribution in [2.45, 2.75) is 89.5 Å². The Labute approximate surface area is 197 Å². The van der Waals surface area contributed by atoms with Gasteiger partial charge in [-0.3, -0.25) is 14.4 Å². The van der Waals surface area contributed by atoms with Gasteiger partial charge in [0, 0.05) is 25.2 Å². The number of carbonyl (C=O) groups is 3. The maximum absolute atomic E-state index is 14.1. The summed E-state index contributed by atoms with van der Waals surface area (Å²) in [5, 5.41) is 9.04. The molecule has 3 rings (SSSR count). The first-order chi connectivity index (χ1) is 15.6. The van der Waals surface area contributed by atoms with Crippen molar-refractivity contribution in [2.24, 2.45) is 11.8 Å². The van der Waals surface area contributed by atoms with Crippen molar-refractivity contribution < 1.29 is 29.0 Å². The van der Waals surface area contributed by atoms with Crippen molar-refractivity contribution in [3.8, 4) is 0 Å². The number of aliphatic hydroxyl groups excluding tert-OH is 1. The van der Waals surface area contributed by atoms with Gasteiger partial charge in [0.2, 0.25) is 11.8 Å². The zero-order chi connectivity index (χ0) is 24.4. The van der Waals surface area contributed by atoms with Gasteiger partial charge in [0.1, 0.15) is 11.6 Å². The van der Waals surface area contributed by atoms with Crippen molar-refractivity contribution in [1.29, 1.82) is 0 Å². The molecule has 1 spiro atoms. The van der Waals surface area contributed by atoms with Crippen LogP contribution >= 0.6 is 0 Å². The molecule has 2 unspecified atom stereocenters. The number of fused-ring (bicyclic) bond motifs is 1. The molecule has 8 heteroatoms. The van der Waals surface area contributed by atoms with Crippen LogP contribution in [0.4, 0.5) is 0 Å².